The molecule has 11 nitrogen and oxygen atoms in total. The van der Waals surface area contributed by atoms with Gasteiger partial charge in [0.1, 0.15) is 11.9 Å². The third kappa shape index (κ3) is 6.16. The fraction of sp³-hybridized carbons (Fsp3) is 0.300. The predicted molar refractivity (Wildman–Crippen MR) is 156 cm³/mol. The Morgan fingerprint density at radius 2 is 1.75 bits per heavy atom. The minimum atomic E-state index is -3.76. The van der Waals surface area contributed by atoms with Crippen molar-refractivity contribution in [3.63, 3.8) is 0 Å². The van der Waals surface area contributed by atoms with Crippen LogP contribution in [0.15, 0.2) is 59.5 Å². The predicted octanol–water partition coefficient (Wildman–Crippen LogP) is 4.62. The molecule has 3 amide bonds. The Kier molecular flexibility index (Phi) is 8.46. The molecular formula is C30H30F2N4O7S. The molecule has 1 heterocycles. The van der Waals surface area contributed by atoms with E-state index in [0.29, 0.717) is 25.7 Å². The lowest BCUT2D eigenvalue weighted by atomic mass is 10.0. The minimum Gasteiger partial charge on any atom is -0.494 e. The van der Waals surface area contributed by atoms with Gasteiger partial charge in [0.05, 0.1) is 29.0 Å². The Hall–Kier alpha value is -4.72. The minimum absolute atomic E-state index is 0.00815. The number of likely N-dealkylation sites (tertiary alicyclic amines) is 1. The van der Waals surface area contributed by atoms with Crippen molar-refractivity contribution in [2.45, 2.75) is 47.9 Å². The number of carbonyl (C=O) groups is 3. The molecule has 232 valence electrons. The molecule has 3 aromatic carbocycles. The van der Waals surface area contributed by atoms with E-state index < -0.39 is 56.7 Å². The average molecular weight is 629 g/mol. The zero-order valence-electron chi connectivity index (χ0n) is 23.5. The van der Waals surface area contributed by atoms with Crippen molar-refractivity contribution >= 4 is 39.1 Å². The number of nitrogens with zero attached hydrogens (tertiary/aromatic N) is 1. The summed E-state index contributed by atoms with van der Waals surface area (Å²) in [5.41, 5.74) is 5.72. The number of primary amides is 1. The molecule has 44 heavy (non-hydrogen) atoms. The molecule has 0 aromatic heterocycles. The third-order valence-electron chi connectivity index (χ3n) is 7.73. The summed E-state index contributed by atoms with van der Waals surface area (Å²) in [6.07, 6.45) is 0.501. The Morgan fingerprint density at radius 3 is 2.41 bits per heavy atom. The first-order valence-electron chi connectivity index (χ1n) is 13.8. The summed E-state index contributed by atoms with van der Waals surface area (Å²) in [4.78, 5) is 39.0. The number of anilines is 2. The highest BCUT2D eigenvalue weighted by molar-refractivity contribution is 7.92. The fourth-order valence-electron chi connectivity index (χ4n) is 5.44. The van der Waals surface area contributed by atoms with Crippen LogP contribution >= 0.6 is 0 Å². The number of nitrogens with one attached hydrogen (secondary N) is 2. The molecule has 1 aliphatic carbocycles. The van der Waals surface area contributed by atoms with Gasteiger partial charge in [0.2, 0.25) is 11.8 Å². The van der Waals surface area contributed by atoms with Gasteiger partial charge in [0.25, 0.3) is 0 Å². The number of halogens is 2. The lowest BCUT2D eigenvalue weighted by Gasteiger charge is -2.31. The molecule has 0 unspecified atom stereocenters. The van der Waals surface area contributed by atoms with Crippen LogP contribution in [0.25, 0.3) is 0 Å². The van der Waals surface area contributed by atoms with Crippen molar-refractivity contribution < 1.29 is 41.4 Å². The Balaban J connectivity index is 1.59. The number of hydrogen-bond donors (Lipinski definition) is 4. The van der Waals surface area contributed by atoms with Crippen LogP contribution in [-0.4, -0.2) is 55.2 Å². The van der Waals surface area contributed by atoms with Gasteiger partial charge in [0.15, 0.2) is 21.4 Å². The zero-order chi connectivity index (χ0) is 31.8. The van der Waals surface area contributed by atoms with Crippen molar-refractivity contribution in [1.29, 1.82) is 0 Å². The molecule has 14 heteroatoms. The standard InChI is InChI=1S/C30H30F2N4O7S/c1-43-25-14-16(4-10-22(25)32)27(35-23-13-17(28(33)37)5-9-21(23)31)29(38)36-12-2-3-24(36)20-15-18(34-30(39)40)6-11-26(20)44(41,42)19-7-8-19/h4-6,9-11,13-15,19,24,27,34-35H,2-3,7-8,12H2,1H3,(H2,33,37)(H,39,40)/t24-,27-/m1/s1. The molecule has 0 spiro atoms. The third-order valence-corrected chi connectivity index (χ3v) is 10.1. The van der Waals surface area contributed by atoms with Gasteiger partial charge in [-0.05, 0) is 85.3 Å². The second-order valence-electron chi connectivity index (χ2n) is 10.6. The number of benzene rings is 3. The maximum atomic E-state index is 15.0. The summed E-state index contributed by atoms with van der Waals surface area (Å²) in [6, 6.07) is 9.07. The van der Waals surface area contributed by atoms with E-state index >= 15 is 0 Å². The van der Waals surface area contributed by atoms with E-state index in [2.05, 4.69) is 10.6 Å². The van der Waals surface area contributed by atoms with Crippen LogP contribution in [0.4, 0.5) is 25.0 Å². The molecule has 2 aliphatic rings. The molecule has 1 saturated carbocycles. The van der Waals surface area contributed by atoms with Crippen LogP contribution in [0.1, 0.15) is 59.3 Å². The first kappa shape index (κ1) is 30.7. The van der Waals surface area contributed by atoms with Gasteiger partial charge in [-0.15, -0.1) is 0 Å². The number of ether oxygens (including phenoxy) is 1. The normalized spacial score (nSPS) is 17.2. The largest absolute Gasteiger partial charge is 0.494 e. The van der Waals surface area contributed by atoms with E-state index in [-0.39, 0.29) is 45.3 Å². The molecule has 3 aromatic rings. The van der Waals surface area contributed by atoms with Gasteiger partial charge in [-0.1, -0.05) is 6.07 Å². The number of sulfone groups is 1. The summed E-state index contributed by atoms with van der Waals surface area (Å²) in [7, 11) is -2.51. The molecule has 2 atom stereocenters. The van der Waals surface area contributed by atoms with E-state index in [0.717, 1.165) is 18.2 Å². The number of rotatable bonds is 10. The second-order valence-corrected chi connectivity index (χ2v) is 12.8. The molecular weight excluding hydrogens is 598 g/mol. The van der Waals surface area contributed by atoms with Crippen LogP contribution in [0.3, 0.4) is 0 Å². The van der Waals surface area contributed by atoms with Crippen molar-refractivity contribution in [2.24, 2.45) is 5.73 Å². The molecule has 0 bridgehead atoms. The molecule has 5 rings (SSSR count). The first-order chi connectivity index (χ1) is 20.9. The lowest BCUT2D eigenvalue weighted by molar-refractivity contribution is -0.133. The van der Waals surface area contributed by atoms with E-state index in [4.69, 9.17) is 10.5 Å². The van der Waals surface area contributed by atoms with E-state index in [1.165, 1.54) is 48.4 Å². The van der Waals surface area contributed by atoms with E-state index in [9.17, 15) is 36.7 Å². The monoisotopic (exact) mass is 628 g/mol. The first-order valence-corrected chi connectivity index (χ1v) is 15.3. The number of nitrogens with two attached hydrogens (primary N) is 1. The zero-order valence-corrected chi connectivity index (χ0v) is 24.4. The summed E-state index contributed by atoms with van der Waals surface area (Å²) in [5.74, 6) is -3.07. The summed E-state index contributed by atoms with van der Waals surface area (Å²) < 4.78 is 61.3. The summed E-state index contributed by atoms with van der Waals surface area (Å²) >= 11 is 0. The van der Waals surface area contributed by atoms with Crippen LogP contribution in [0, 0.1) is 11.6 Å². The van der Waals surface area contributed by atoms with Crippen molar-refractivity contribution in [2.75, 3.05) is 24.3 Å². The summed E-state index contributed by atoms with van der Waals surface area (Å²) in [6.45, 7) is 0.198. The number of hydrogen-bond acceptors (Lipinski definition) is 7. The van der Waals surface area contributed by atoms with Gasteiger partial charge in [-0.25, -0.2) is 22.0 Å². The van der Waals surface area contributed by atoms with Crippen molar-refractivity contribution in [3.8, 4) is 5.75 Å². The van der Waals surface area contributed by atoms with E-state index in [1.807, 2.05) is 0 Å². The van der Waals surface area contributed by atoms with Gasteiger partial charge in [-0.2, -0.15) is 0 Å². The Morgan fingerprint density at radius 1 is 1.02 bits per heavy atom. The SMILES string of the molecule is COc1cc([C@@H](Nc2cc(C(N)=O)ccc2F)C(=O)N2CCC[C@@H]2c2cc(NC(=O)O)ccc2S(=O)(=O)C2CC2)ccc1F. The molecule has 0 radical (unpaired) electrons. The number of amides is 3. The van der Waals surface area contributed by atoms with Gasteiger partial charge in [-0.3, -0.25) is 14.9 Å². The van der Waals surface area contributed by atoms with Crippen molar-refractivity contribution in [1.82, 2.24) is 4.90 Å². The Bertz CT molecular complexity index is 1750. The highest BCUT2D eigenvalue weighted by Crippen LogP contribution is 2.43. The van der Waals surface area contributed by atoms with Gasteiger partial charge < -0.3 is 25.8 Å². The van der Waals surface area contributed by atoms with Gasteiger partial charge in [0, 0.05) is 17.8 Å². The molecule has 1 saturated heterocycles. The summed E-state index contributed by atoms with van der Waals surface area (Å²) in [5, 5.41) is 13.8. The highest BCUT2D eigenvalue weighted by Gasteiger charge is 2.42. The quantitative estimate of drug-likeness (QED) is 0.252. The Labute approximate surface area is 251 Å². The molecule has 2 fully saturated rings. The van der Waals surface area contributed by atoms with Crippen LogP contribution in [-0.2, 0) is 14.6 Å². The molecule has 1 aliphatic heterocycles. The van der Waals surface area contributed by atoms with Gasteiger partial charge >= 0.3 is 6.09 Å². The highest BCUT2D eigenvalue weighted by atomic mass is 32.2. The smallest absolute Gasteiger partial charge is 0.409 e. The lowest BCUT2D eigenvalue weighted by Crippen LogP contribution is -2.38. The van der Waals surface area contributed by atoms with Crippen LogP contribution in [0.5, 0.6) is 5.75 Å². The maximum Gasteiger partial charge on any atom is 0.409 e. The van der Waals surface area contributed by atoms with Crippen LogP contribution in [0.2, 0.25) is 0 Å². The average Bonchev–Trinajstić information content (AvgIpc) is 3.74. The number of carbonyl (C=O) groups excluding carboxylic acids is 2. The second kappa shape index (κ2) is 12.1. The topological polar surface area (TPSA) is 168 Å². The molecule has 5 N–H and O–H groups in total. The number of methoxy groups -OCH3 is 1. The van der Waals surface area contributed by atoms with Crippen molar-refractivity contribution in [3.05, 3.63) is 82.9 Å². The number of carboxylic acid groups (broad SMARTS) is 1. The van der Waals surface area contributed by atoms with E-state index in [1.54, 1.807) is 0 Å². The fourth-order valence-corrected chi connectivity index (χ4v) is 7.33. The maximum absolute atomic E-state index is 15.0. The van der Waals surface area contributed by atoms with Crippen LogP contribution < -0.4 is 21.1 Å².